The fourth-order valence-electron chi connectivity index (χ4n) is 0.814. The summed E-state index contributed by atoms with van der Waals surface area (Å²) in [6.45, 7) is 3.72. The summed E-state index contributed by atoms with van der Waals surface area (Å²) in [7, 11) is 0. The second-order valence-electron chi connectivity index (χ2n) is 2.78. The van der Waals surface area contributed by atoms with Gasteiger partial charge in [-0.3, -0.25) is 0 Å². The molecule has 1 aromatic heterocycles. The first-order valence-corrected chi connectivity index (χ1v) is 5.84. The van der Waals surface area contributed by atoms with E-state index in [0.29, 0.717) is 12.6 Å². The van der Waals surface area contributed by atoms with Crippen molar-refractivity contribution < 1.29 is 0 Å². The second kappa shape index (κ2) is 5.16. The third-order valence-electron chi connectivity index (χ3n) is 1.63. The van der Waals surface area contributed by atoms with Gasteiger partial charge in [-0.15, -0.1) is 11.3 Å². The zero-order valence-corrected chi connectivity index (χ0v) is 9.98. The molecule has 0 aliphatic rings. The normalized spacial score (nSPS) is 13.2. The largest absolute Gasteiger partial charge is 0.329 e. The number of nitrogens with two attached hydrogens (primary N) is 1. The molecule has 0 aliphatic heterocycles. The Balaban J connectivity index is 2.33. The number of hydrogen-bond acceptors (Lipinski definition) is 3. The summed E-state index contributed by atoms with van der Waals surface area (Å²) in [5, 5.41) is 5.52. The monoisotopic (exact) mass is 296 g/mol. The molecule has 0 aliphatic carbocycles. The van der Waals surface area contributed by atoms with E-state index in [1.807, 2.05) is 0 Å². The molecular formula is C8H13IN2S. The first-order chi connectivity index (χ1) is 5.72. The minimum atomic E-state index is 0.405. The Morgan fingerprint density at radius 2 is 2.50 bits per heavy atom. The summed E-state index contributed by atoms with van der Waals surface area (Å²) in [6.07, 6.45) is 0. The van der Waals surface area contributed by atoms with Gasteiger partial charge in [-0.25, -0.2) is 0 Å². The van der Waals surface area contributed by atoms with Gasteiger partial charge in [0.25, 0.3) is 0 Å². The maximum Gasteiger partial charge on any atom is 0.0656 e. The maximum atomic E-state index is 5.48. The van der Waals surface area contributed by atoms with E-state index in [2.05, 4.69) is 46.3 Å². The van der Waals surface area contributed by atoms with Crippen LogP contribution in [0.3, 0.4) is 0 Å². The molecule has 0 spiro atoms. The lowest BCUT2D eigenvalue weighted by molar-refractivity contribution is 0.557. The Labute approximate surface area is 90.7 Å². The van der Waals surface area contributed by atoms with Gasteiger partial charge in [-0.05, 0) is 46.5 Å². The Bertz CT molecular complexity index is 237. The van der Waals surface area contributed by atoms with Crippen LogP contribution in [-0.2, 0) is 6.54 Å². The van der Waals surface area contributed by atoms with E-state index in [0.717, 1.165) is 6.54 Å². The van der Waals surface area contributed by atoms with Gasteiger partial charge in [0.05, 0.1) is 2.88 Å². The smallest absolute Gasteiger partial charge is 0.0656 e. The van der Waals surface area contributed by atoms with Crippen molar-refractivity contribution in [3.63, 3.8) is 0 Å². The highest BCUT2D eigenvalue weighted by molar-refractivity contribution is 14.1. The Morgan fingerprint density at radius 1 is 1.75 bits per heavy atom. The van der Waals surface area contributed by atoms with Crippen molar-refractivity contribution in [3.8, 4) is 0 Å². The van der Waals surface area contributed by atoms with E-state index in [4.69, 9.17) is 5.73 Å². The van der Waals surface area contributed by atoms with Crippen molar-refractivity contribution >= 4 is 33.9 Å². The van der Waals surface area contributed by atoms with Crippen LogP contribution in [0.15, 0.2) is 11.4 Å². The average molecular weight is 296 g/mol. The van der Waals surface area contributed by atoms with Crippen molar-refractivity contribution in [1.82, 2.24) is 5.32 Å². The minimum Gasteiger partial charge on any atom is -0.329 e. The van der Waals surface area contributed by atoms with Gasteiger partial charge >= 0.3 is 0 Å². The van der Waals surface area contributed by atoms with Gasteiger partial charge in [0.1, 0.15) is 0 Å². The number of thiophene rings is 1. The molecule has 1 heterocycles. The van der Waals surface area contributed by atoms with E-state index in [9.17, 15) is 0 Å². The van der Waals surface area contributed by atoms with Crippen molar-refractivity contribution in [1.29, 1.82) is 0 Å². The van der Waals surface area contributed by atoms with Crippen molar-refractivity contribution in [2.24, 2.45) is 5.73 Å². The summed E-state index contributed by atoms with van der Waals surface area (Å²) < 4.78 is 1.34. The SMILES string of the molecule is CC(CN)NCc1csc(I)c1. The highest BCUT2D eigenvalue weighted by atomic mass is 127. The molecule has 4 heteroatoms. The number of nitrogens with one attached hydrogen (secondary N) is 1. The van der Waals surface area contributed by atoms with E-state index in [1.54, 1.807) is 11.3 Å². The molecule has 0 fully saturated rings. The lowest BCUT2D eigenvalue weighted by Crippen LogP contribution is -2.32. The molecule has 0 saturated carbocycles. The van der Waals surface area contributed by atoms with E-state index in [-0.39, 0.29) is 0 Å². The minimum absolute atomic E-state index is 0.405. The van der Waals surface area contributed by atoms with Gasteiger partial charge in [0.2, 0.25) is 0 Å². The summed E-state index contributed by atoms with van der Waals surface area (Å²) in [6, 6.07) is 2.60. The van der Waals surface area contributed by atoms with Gasteiger partial charge in [-0.2, -0.15) is 0 Å². The van der Waals surface area contributed by atoms with Crippen molar-refractivity contribution in [2.75, 3.05) is 6.54 Å². The predicted molar refractivity (Wildman–Crippen MR) is 62.4 cm³/mol. The van der Waals surface area contributed by atoms with E-state index >= 15 is 0 Å². The lowest BCUT2D eigenvalue weighted by atomic mass is 10.3. The van der Waals surface area contributed by atoms with Crippen LogP contribution in [-0.4, -0.2) is 12.6 Å². The van der Waals surface area contributed by atoms with Crippen LogP contribution >= 0.6 is 33.9 Å². The Kier molecular flexibility index (Phi) is 4.49. The zero-order chi connectivity index (χ0) is 8.97. The molecule has 0 radical (unpaired) electrons. The van der Waals surface area contributed by atoms with Crippen LogP contribution in [0.2, 0.25) is 0 Å². The number of rotatable bonds is 4. The Morgan fingerprint density at radius 3 is 3.00 bits per heavy atom. The third-order valence-corrected chi connectivity index (χ3v) is 3.47. The van der Waals surface area contributed by atoms with Crippen LogP contribution in [0.5, 0.6) is 0 Å². The highest BCUT2D eigenvalue weighted by Gasteiger charge is 1.99. The molecule has 0 aromatic carbocycles. The molecule has 1 unspecified atom stereocenters. The van der Waals surface area contributed by atoms with E-state index in [1.165, 1.54) is 8.45 Å². The van der Waals surface area contributed by atoms with E-state index < -0.39 is 0 Å². The molecule has 1 atom stereocenters. The molecule has 0 saturated heterocycles. The van der Waals surface area contributed by atoms with Crippen LogP contribution in [0, 0.1) is 2.88 Å². The quantitative estimate of drug-likeness (QED) is 0.831. The summed E-state index contributed by atoms with van der Waals surface area (Å²) >= 11 is 4.11. The van der Waals surface area contributed by atoms with Crippen molar-refractivity contribution in [2.45, 2.75) is 19.5 Å². The van der Waals surface area contributed by atoms with Gasteiger partial charge < -0.3 is 11.1 Å². The Hall–Kier alpha value is 0.350. The van der Waals surface area contributed by atoms with Crippen LogP contribution in [0.4, 0.5) is 0 Å². The molecule has 12 heavy (non-hydrogen) atoms. The molecular weight excluding hydrogens is 283 g/mol. The summed E-state index contributed by atoms with van der Waals surface area (Å²) in [5.74, 6) is 0. The molecule has 0 amide bonds. The topological polar surface area (TPSA) is 38.0 Å². The molecule has 3 N–H and O–H groups in total. The third kappa shape index (κ3) is 3.38. The molecule has 1 rings (SSSR count). The standard InChI is InChI=1S/C8H13IN2S/c1-6(3-10)11-4-7-2-8(9)12-5-7/h2,5-6,11H,3-4,10H2,1H3. The summed E-state index contributed by atoms with van der Waals surface area (Å²) in [4.78, 5) is 0. The van der Waals surface area contributed by atoms with Gasteiger partial charge in [0, 0.05) is 19.1 Å². The fraction of sp³-hybridized carbons (Fsp3) is 0.500. The predicted octanol–water partition coefficient (Wildman–Crippen LogP) is 1.79. The van der Waals surface area contributed by atoms with Gasteiger partial charge in [-0.1, -0.05) is 0 Å². The fourth-order valence-corrected chi connectivity index (χ4v) is 2.23. The highest BCUT2D eigenvalue weighted by Crippen LogP contribution is 2.16. The van der Waals surface area contributed by atoms with Gasteiger partial charge in [0.15, 0.2) is 0 Å². The lowest BCUT2D eigenvalue weighted by Gasteiger charge is -2.09. The zero-order valence-electron chi connectivity index (χ0n) is 7.01. The maximum absolute atomic E-state index is 5.48. The number of hydrogen-bond donors (Lipinski definition) is 2. The van der Waals surface area contributed by atoms with Crippen molar-refractivity contribution in [3.05, 3.63) is 19.9 Å². The summed E-state index contributed by atoms with van der Waals surface area (Å²) in [5.41, 5.74) is 6.83. The molecule has 2 nitrogen and oxygen atoms in total. The first-order valence-electron chi connectivity index (χ1n) is 3.88. The first kappa shape index (κ1) is 10.4. The van der Waals surface area contributed by atoms with Crippen LogP contribution in [0.25, 0.3) is 0 Å². The molecule has 1 aromatic rings. The molecule has 0 bridgehead atoms. The second-order valence-corrected chi connectivity index (χ2v) is 5.58. The number of halogens is 1. The van der Waals surface area contributed by atoms with Crippen LogP contribution < -0.4 is 11.1 Å². The van der Waals surface area contributed by atoms with Crippen LogP contribution in [0.1, 0.15) is 12.5 Å². The average Bonchev–Trinajstić information content (AvgIpc) is 2.47. The molecule has 68 valence electrons.